The Morgan fingerprint density at radius 1 is 1.00 bits per heavy atom. The minimum Gasteiger partial charge on any atom is -0.497 e. The first-order valence-corrected chi connectivity index (χ1v) is 12.0. The second-order valence-electron chi connectivity index (χ2n) is 8.95. The molecule has 3 heterocycles. The molecule has 2 aliphatic rings. The van der Waals surface area contributed by atoms with Crippen molar-refractivity contribution in [2.45, 2.75) is 25.8 Å². The smallest absolute Gasteiger partial charge is 0.326 e. The average Bonchev–Trinajstić information content (AvgIpc) is 2.86. The number of urea groups is 1. The molecule has 0 bridgehead atoms. The quantitative estimate of drug-likeness (QED) is 0.517. The fourth-order valence-electron chi connectivity index (χ4n) is 4.33. The van der Waals surface area contributed by atoms with Crippen LogP contribution in [0.25, 0.3) is 0 Å². The first-order valence-electron chi connectivity index (χ1n) is 12.0. The number of carbonyl (C=O) groups is 1. The summed E-state index contributed by atoms with van der Waals surface area (Å²) >= 11 is 0. The third-order valence-corrected chi connectivity index (χ3v) is 6.50. The first-order chi connectivity index (χ1) is 16.6. The fraction of sp³-hybridized carbons (Fsp3) is 0.520. The van der Waals surface area contributed by atoms with Crippen LogP contribution in [0.1, 0.15) is 24.8 Å². The van der Waals surface area contributed by atoms with E-state index < -0.39 is 0 Å². The number of pyridine rings is 1. The lowest BCUT2D eigenvalue weighted by atomic mass is 10.1. The van der Waals surface area contributed by atoms with Crippen molar-refractivity contribution in [3.8, 4) is 11.5 Å². The Bertz CT molecular complexity index is 955. The maximum absolute atomic E-state index is 12.8. The number of piperazine rings is 1. The maximum Gasteiger partial charge on any atom is 0.326 e. The van der Waals surface area contributed by atoms with E-state index in [4.69, 9.17) is 9.47 Å². The molecule has 0 saturated carbocycles. The van der Waals surface area contributed by atoms with E-state index in [1.165, 1.54) is 45.6 Å². The van der Waals surface area contributed by atoms with Crippen molar-refractivity contribution in [3.05, 3.63) is 36.0 Å². The van der Waals surface area contributed by atoms with Crippen LogP contribution in [0.5, 0.6) is 11.5 Å². The van der Waals surface area contributed by atoms with Crippen LogP contribution in [-0.2, 0) is 6.54 Å². The van der Waals surface area contributed by atoms with Gasteiger partial charge in [0.15, 0.2) is 0 Å². The zero-order chi connectivity index (χ0) is 23.9. The molecule has 0 spiro atoms. The van der Waals surface area contributed by atoms with E-state index in [1.807, 2.05) is 24.4 Å². The van der Waals surface area contributed by atoms with Crippen LogP contribution >= 0.6 is 0 Å². The molecule has 2 aliphatic heterocycles. The van der Waals surface area contributed by atoms with Gasteiger partial charge >= 0.3 is 6.03 Å². The molecule has 2 aromatic rings. The Balaban J connectivity index is 1.26. The van der Waals surface area contributed by atoms with Crippen LogP contribution in [0.3, 0.4) is 0 Å². The summed E-state index contributed by atoms with van der Waals surface area (Å²) < 4.78 is 10.7. The van der Waals surface area contributed by atoms with Gasteiger partial charge in [0.05, 0.1) is 32.1 Å². The molecule has 0 radical (unpaired) electrons. The fourth-order valence-corrected chi connectivity index (χ4v) is 4.33. The summed E-state index contributed by atoms with van der Waals surface area (Å²) in [5, 5.41) is 6.39. The lowest BCUT2D eigenvalue weighted by Gasteiger charge is -2.32. The minimum atomic E-state index is -0.191. The first kappa shape index (κ1) is 24.1. The van der Waals surface area contributed by atoms with Gasteiger partial charge in [-0.25, -0.2) is 9.78 Å². The van der Waals surface area contributed by atoms with Crippen LogP contribution in [-0.4, -0.2) is 81.4 Å². The highest BCUT2D eigenvalue weighted by Gasteiger charge is 2.25. The van der Waals surface area contributed by atoms with Gasteiger partial charge in [-0.1, -0.05) is 6.42 Å². The van der Waals surface area contributed by atoms with Crippen LogP contribution in [0, 0.1) is 0 Å². The molecule has 9 heteroatoms. The Hall–Kier alpha value is -3.04. The SMILES string of the molecule is COc1cc(OC)cc(N2Cc3cnc(NCCCCCN4CCN(C)CC4)cc3NC2=O)c1. The molecular formula is C25H36N6O3. The summed E-state index contributed by atoms with van der Waals surface area (Å²) in [6.07, 6.45) is 5.35. The zero-order valence-corrected chi connectivity index (χ0v) is 20.5. The largest absolute Gasteiger partial charge is 0.497 e. The van der Waals surface area contributed by atoms with Crippen LogP contribution in [0.4, 0.5) is 22.0 Å². The highest BCUT2D eigenvalue weighted by atomic mass is 16.5. The van der Waals surface area contributed by atoms with Gasteiger partial charge in [-0.3, -0.25) is 4.90 Å². The molecule has 0 aliphatic carbocycles. The number of carbonyl (C=O) groups excluding carboxylic acids is 1. The van der Waals surface area contributed by atoms with Gasteiger partial charge in [-0.05, 0) is 26.4 Å². The zero-order valence-electron chi connectivity index (χ0n) is 20.5. The number of unbranched alkanes of at least 4 members (excludes halogenated alkanes) is 2. The number of ether oxygens (including phenoxy) is 2. The molecule has 2 N–H and O–H groups in total. The number of amides is 2. The van der Waals surface area contributed by atoms with E-state index in [0.717, 1.165) is 30.0 Å². The number of hydrogen-bond donors (Lipinski definition) is 2. The lowest BCUT2D eigenvalue weighted by Crippen LogP contribution is -2.44. The minimum absolute atomic E-state index is 0.191. The molecule has 0 atom stereocenters. The van der Waals surface area contributed by atoms with Crippen molar-refractivity contribution in [3.63, 3.8) is 0 Å². The molecule has 0 unspecified atom stereocenters. The summed E-state index contributed by atoms with van der Waals surface area (Å²) in [5.74, 6) is 2.05. The number of benzene rings is 1. The average molecular weight is 469 g/mol. The molecule has 9 nitrogen and oxygen atoms in total. The van der Waals surface area contributed by atoms with Crippen LogP contribution < -0.4 is 25.0 Å². The Morgan fingerprint density at radius 3 is 2.44 bits per heavy atom. The molecule has 34 heavy (non-hydrogen) atoms. The molecule has 1 fully saturated rings. The van der Waals surface area contributed by atoms with Gasteiger partial charge in [-0.2, -0.15) is 0 Å². The molecular weight excluding hydrogens is 432 g/mol. The van der Waals surface area contributed by atoms with E-state index >= 15 is 0 Å². The van der Waals surface area contributed by atoms with E-state index in [-0.39, 0.29) is 6.03 Å². The third-order valence-electron chi connectivity index (χ3n) is 6.50. The monoisotopic (exact) mass is 468 g/mol. The Morgan fingerprint density at radius 2 is 1.74 bits per heavy atom. The summed E-state index contributed by atoms with van der Waals surface area (Å²) in [6, 6.07) is 7.15. The summed E-state index contributed by atoms with van der Waals surface area (Å²) in [4.78, 5) is 24.0. The number of methoxy groups -OCH3 is 2. The van der Waals surface area contributed by atoms with E-state index in [2.05, 4.69) is 32.5 Å². The number of nitrogens with one attached hydrogen (secondary N) is 2. The summed E-state index contributed by atoms with van der Waals surface area (Å²) in [7, 11) is 5.38. The second-order valence-corrected chi connectivity index (χ2v) is 8.95. The topological polar surface area (TPSA) is 82.2 Å². The van der Waals surface area contributed by atoms with Gasteiger partial charge in [0.25, 0.3) is 0 Å². The molecule has 1 aromatic heterocycles. The van der Waals surface area contributed by atoms with Gasteiger partial charge in [0, 0.05) is 68.7 Å². The number of nitrogens with zero attached hydrogens (tertiary/aromatic N) is 4. The normalized spacial score (nSPS) is 16.7. The van der Waals surface area contributed by atoms with Crippen molar-refractivity contribution in [2.24, 2.45) is 0 Å². The third kappa shape index (κ3) is 6.09. The van der Waals surface area contributed by atoms with Gasteiger partial charge in [0.1, 0.15) is 17.3 Å². The number of aromatic nitrogens is 1. The highest BCUT2D eigenvalue weighted by Crippen LogP contribution is 2.33. The predicted octanol–water partition coefficient (Wildman–Crippen LogP) is 3.48. The Kier molecular flexibility index (Phi) is 8.08. The highest BCUT2D eigenvalue weighted by molar-refractivity contribution is 6.04. The van der Waals surface area contributed by atoms with E-state index in [9.17, 15) is 4.79 Å². The van der Waals surface area contributed by atoms with Crippen molar-refractivity contribution in [1.82, 2.24) is 14.8 Å². The lowest BCUT2D eigenvalue weighted by molar-refractivity contribution is 0.152. The molecule has 184 valence electrons. The number of fused-ring (bicyclic) bond motifs is 1. The van der Waals surface area contributed by atoms with Crippen molar-refractivity contribution >= 4 is 23.2 Å². The van der Waals surface area contributed by atoms with Crippen molar-refractivity contribution in [1.29, 1.82) is 0 Å². The van der Waals surface area contributed by atoms with Gasteiger partial charge in [-0.15, -0.1) is 0 Å². The molecule has 4 rings (SSSR count). The van der Waals surface area contributed by atoms with Crippen LogP contribution in [0.2, 0.25) is 0 Å². The number of likely N-dealkylation sites (N-methyl/N-ethyl adjacent to an activating group) is 1. The van der Waals surface area contributed by atoms with E-state index in [0.29, 0.717) is 23.7 Å². The number of hydrogen-bond acceptors (Lipinski definition) is 7. The van der Waals surface area contributed by atoms with Crippen LogP contribution in [0.15, 0.2) is 30.5 Å². The van der Waals surface area contributed by atoms with Crippen molar-refractivity contribution in [2.75, 3.05) is 76.1 Å². The predicted molar refractivity (Wildman–Crippen MR) is 135 cm³/mol. The van der Waals surface area contributed by atoms with E-state index in [1.54, 1.807) is 25.2 Å². The van der Waals surface area contributed by atoms with Crippen molar-refractivity contribution < 1.29 is 14.3 Å². The van der Waals surface area contributed by atoms with Gasteiger partial charge in [0.2, 0.25) is 0 Å². The Labute approximate surface area is 202 Å². The summed E-state index contributed by atoms with van der Waals surface area (Å²) in [6.45, 7) is 7.20. The van der Waals surface area contributed by atoms with Gasteiger partial charge < -0.3 is 29.9 Å². The summed E-state index contributed by atoms with van der Waals surface area (Å²) in [5.41, 5.74) is 2.46. The molecule has 2 amide bonds. The number of anilines is 3. The maximum atomic E-state index is 12.8. The molecule has 1 aromatic carbocycles. The standard InChI is InChI=1S/C25H36N6O3/c1-29-9-11-30(12-10-29)8-6-4-5-7-26-24-16-23-19(17-27-24)18-31(25(32)28-23)20-13-21(33-2)15-22(14-20)34-3/h13-17H,4-12,18H2,1-3H3,(H,26,27)(H,28,32). The number of rotatable bonds is 10. The second kappa shape index (κ2) is 11.4. The molecule has 1 saturated heterocycles.